The van der Waals surface area contributed by atoms with Crippen LogP contribution in [0.1, 0.15) is 38.2 Å². The minimum absolute atomic E-state index is 0.200. The van der Waals surface area contributed by atoms with Gasteiger partial charge in [0.15, 0.2) is 0 Å². The van der Waals surface area contributed by atoms with Gasteiger partial charge in [0.25, 0.3) is 0 Å². The molecule has 27 heavy (non-hydrogen) atoms. The summed E-state index contributed by atoms with van der Waals surface area (Å²) in [6, 6.07) is 6.31. The fraction of sp³-hybridized carbons (Fsp3) is 0.524. The largest absolute Gasteiger partial charge is 0.466 e. The predicted molar refractivity (Wildman–Crippen MR) is 101 cm³/mol. The number of esters is 1. The van der Waals surface area contributed by atoms with E-state index in [9.17, 15) is 9.18 Å². The van der Waals surface area contributed by atoms with Crippen LogP contribution < -0.4 is 0 Å². The maximum atomic E-state index is 13.5. The first-order chi connectivity index (χ1) is 13.1. The Morgan fingerprint density at radius 3 is 3.15 bits per heavy atom. The predicted octanol–water partition coefficient (Wildman–Crippen LogP) is 2.99. The Hall–Kier alpha value is -2.39. The zero-order chi connectivity index (χ0) is 19.3. The Balaban J connectivity index is 1.72. The number of likely N-dealkylation sites (tertiary alicyclic amines) is 1. The van der Waals surface area contributed by atoms with E-state index in [0.717, 1.165) is 19.4 Å². The molecule has 1 aromatic rings. The van der Waals surface area contributed by atoms with E-state index < -0.39 is 5.41 Å². The highest BCUT2D eigenvalue weighted by Crippen LogP contribution is 2.38. The third-order valence-corrected chi connectivity index (χ3v) is 5.19. The number of nitrogens with zero attached hydrogens (tertiary/aromatic N) is 2. The van der Waals surface area contributed by atoms with Crippen LogP contribution in [0, 0.1) is 23.6 Å². The van der Waals surface area contributed by atoms with Crippen molar-refractivity contribution in [1.29, 1.82) is 0 Å². The van der Waals surface area contributed by atoms with Crippen molar-refractivity contribution in [3.8, 4) is 12.3 Å². The van der Waals surface area contributed by atoms with Crippen molar-refractivity contribution < 1.29 is 18.8 Å². The zero-order valence-electron chi connectivity index (χ0n) is 15.6. The molecule has 0 spiro atoms. The molecule has 2 aliphatic heterocycles. The minimum Gasteiger partial charge on any atom is -0.466 e. The van der Waals surface area contributed by atoms with E-state index in [1.165, 1.54) is 12.1 Å². The molecule has 2 heterocycles. The van der Waals surface area contributed by atoms with Crippen LogP contribution in [0.15, 0.2) is 29.4 Å². The highest BCUT2D eigenvalue weighted by molar-refractivity contribution is 6.01. The second kappa shape index (κ2) is 8.53. The van der Waals surface area contributed by atoms with Crippen LogP contribution in [0.4, 0.5) is 4.39 Å². The number of hydrogen-bond acceptors (Lipinski definition) is 5. The Bertz CT molecular complexity index is 758. The number of hydrogen-bond donors (Lipinski definition) is 0. The summed E-state index contributed by atoms with van der Waals surface area (Å²) in [7, 11) is 0. The van der Waals surface area contributed by atoms with Crippen LogP contribution >= 0.6 is 0 Å². The van der Waals surface area contributed by atoms with Gasteiger partial charge in [0.05, 0.1) is 24.3 Å². The maximum Gasteiger partial charge on any atom is 0.313 e. The van der Waals surface area contributed by atoms with Gasteiger partial charge in [-0.2, -0.15) is 0 Å². The summed E-state index contributed by atoms with van der Waals surface area (Å²) in [6.07, 6.45) is 7.89. The average Bonchev–Trinajstić information content (AvgIpc) is 3.11. The average molecular weight is 372 g/mol. The fourth-order valence-electron chi connectivity index (χ4n) is 4.00. The molecule has 2 atom stereocenters. The molecular formula is C21H25FN2O3. The molecule has 1 aromatic carbocycles. The molecule has 0 unspecified atom stereocenters. The van der Waals surface area contributed by atoms with Crippen LogP contribution in [0.3, 0.4) is 0 Å². The molecule has 5 nitrogen and oxygen atoms in total. The number of benzene rings is 1. The summed E-state index contributed by atoms with van der Waals surface area (Å²) < 4.78 is 18.9. The van der Waals surface area contributed by atoms with Crippen LogP contribution in [-0.2, 0) is 14.4 Å². The van der Waals surface area contributed by atoms with Gasteiger partial charge in [0.2, 0.25) is 0 Å². The second-order valence-electron chi connectivity index (χ2n) is 7.20. The summed E-state index contributed by atoms with van der Waals surface area (Å²) in [6.45, 7) is 4.10. The number of ether oxygens (including phenoxy) is 1. The number of terminal acetylenes is 1. The van der Waals surface area contributed by atoms with Crippen molar-refractivity contribution >= 4 is 11.7 Å². The fourth-order valence-corrected chi connectivity index (χ4v) is 4.00. The molecule has 144 valence electrons. The van der Waals surface area contributed by atoms with E-state index in [1.54, 1.807) is 6.07 Å². The van der Waals surface area contributed by atoms with E-state index >= 15 is 0 Å². The van der Waals surface area contributed by atoms with Crippen LogP contribution in [-0.4, -0.2) is 48.9 Å². The first-order valence-electron chi connectivity index (χ1n) is 9.38. The van der Waals surface area contributed by atoms with Gasteiger partial charge < -0.3 is 9.57 Å². The Labute approximate surface area is 159 Å². The van der Waals surface area contributed by atoms with Crippen molar-refractivity contribution in [2.45, 2.75) is 38.7 Å². The molecule has 0 bridgehead atoms. The van der Waals surface area contributed by atoms with Crippen molar-refractivity contribution in [1.82, 2.24) is 4.90 Å². The lowest BCUT2D eigenvalue weighted by atomic mass is 9.74. The first kappa shape index (κ1) is 19.4. The number of carbonyl (C=O) groups excluding carboxylic acids is 1. The molecule has 2 aliphatic rings. The van der Waals surface area contributed by atoms with Gasteiger partial charge in [-0.25, -0.2) is 4.39 Å². The van der Waals surface area contributed by atoms with Crippen molar-refractivity contribution in [2.24, 2.45) is 10.6 Å². The Morgan fingerprint density at radius 2 is 2.41 bits per heavy atom. The molecule has 6 heteroatoms. The standard InChI is InChI=1S/C21H25FN2O3/c1-3-10-24-11-6-9-21(15-24,20(25)26-4-2)14-18-13-19(23-27-18)16-7-5-8-17(22)12-16/h1,5,7-8,12,18H,4,6,9-11,13-15H2,2H3/t18-,21+/m0/s1. The van der Waals surface area contributed by atoms with Crippen LogP contribution in [0.25, 0.3) is 0 Å². The van der Waals surface area contributed by atoms with E-state index in [0.29, 0.717) is 43.8 Å². The summed E-state index contributed by atoms with van der Waals surface area (Å²) in [5.41, 5.74) is 0.762. The minimum atomic E-state index is -0.650. The lowest BCUT2D eigenvalue weighted by Crippen LogP contribution is -2.50. The van der Waals surface area contributed by atoms with Gasteiger partial charge in [0.1, 0.15) is 11.9 Å². The summed E-state index contributed by atoms with van der Waals surface area (Å²) >= 11 is 0. The second-order valence-corrected chi connectivity index (χ2v) is 7.20. The molecule has 1 saturated heterocycles. The van der Waals surface area contributed by atoms with Crippen LogP contribution in [0.2, 0.25) is 0 Å². The highest BCUT2D eigenvalue weighted by Gasteiger charge is 2.46. The molecule has 0 saturated carbocycles. The van der Waals surface area contributed by atoms with Gasteiger partial charge in [-0.1, -0.05) is 23.2 Å². The van der Waals surface area contributed by atoms with E-state index in [1.807, 2.05) is 13.0 Å². The topological polar surface area (TPSA) is 51.1 Å². The molecule has 0 amide bonds. The summed E-state index contributed by atoms with van der Waals surface area (Å²) in [5.74, 6) is 2.15. The van der Waals surface area contributed by atoms with E-state index in [4.69, 9.17) is 16.0 Å². The maximum absolute atomic E-state index is 13.5. The van der Waals surface area contributed by atoms with Gasteiger partial charge in [0, 0.05) is 24.9 Å². The smallest absolute Gasteiger partial charge is 0.313 e. The lowest BCUT2D eigenvalue weighted by molar-refractivity contribution is -0.162. The molecule has 1 fully saturated rings. The number of halogens is 1. The molecule has 3 rings (SSSR count). The number of oxime groups is 1. The molecule has 0 radical (unpaired) electrons. The normalized spacial score (nSPS) is 25.4. The monoisotopic (exact) mass is 372 g/mol. The van der Waals surface area contributed by atoms with Gasteiger partial charge in [-0.05, 0) is 38.4 Å². The third kappa shape index (κ3) is 4.48. The van der Waals surface area contributed by atoms with Gasteiger partial charge in [-0.3, -0.25) is 9.69 Å². The van der Waals surface area contributed by atoms with Gasteiger partial charge >= 0.3 is 5.97 Å². The molecule has 0 N–H and O–H groups in total. The number of rotatable bonds is 6. The number of carbonyl (C=O) groups is 1. The highest BCUT2D eigenvalue weighted by atomic mass is 19.1. The third-order valence-electron chi connectivity index (χ3n) is 5.19. The first-order valence-corrected chi connectivity index (χ1v) is 9.38. The number of piperidine rings is 1. The van der Waals surface area contributed by atoms with Crippen LogP contribution in [0.5, 0.6) is 0 Å². The summed E-state index contributed by atoms with van der Waals surface area (Å²) in [5, 5.41) is 4.14. The van der Waals surface area contributed by atoms with Gasteiger partial charge in [-0.15, -0.1) is 6.42 Å². The zero-order valence-corrected chi connectivity index (χ0v) is 15.6. The van der Waals surface area contributed by atoms with Crippen molar-refractivity contribution in [3.63, 3.8) is 0 Å². The Kier molecular flexibility index (Phi) is 6.12. The molecular weight excluding hydrogens is 347 g/mol. The Morgan fingerprint density at radius 1 is 1.56 bits per heavy atom. The SMILES string of the molecule is C#CCN1CCC[C@](C[C@@H]2CC(c3cccc(F)c3)=NO2)(C(=O)OCC)C1. The molecule has 0 aliphatic carbocycles. The van der Waals surface area contributed by atoms with E-state index in [2.05, 4.69) is 16.0 Å². The van der Waals surface area contributed by atoms with Crippen molar-refractivity contribution in [3.05, 3.63) is 35.6 Å². The lowest BCUT2D eigenvalue weighted by Gasteiger charge is -2.41. The quantitative estimate of drug-likeness (QED) is 0.569. The van der Waals surface area contributed by atoms with E-state index in [-0.39, 0.29) is 17.9 Å². The molecule has 0 aromatic heterocycles. The van der Waals surface area contributed by atoms with Crippen molar-refractivity contribution in [2.75, 3.05) is 26.2 Å². The summed E-state index contributed by atoms with van der Waals surface area (Å²) in [4.78, 5) is 20.5.